The van der Waals surface area contributed by atoms with Gasteiger partial charge in [-0.2, -0.15) is 0 Å². The highest BCUT2D eigenvalue weighted by molar-refractivity contribution is 4.74. The molecule has 0 heterocycles. The summed E-state index contributed by atoms with van der Waals surface area (Å²) in [7, 11) is 0. The molecule has 4 unspecified atom stereocenters. The molecule has 4 atom stereocenters. The average Bonchev–Trinajstić information content (AvgIpc) is 2.42. The summed E-state index contributed by atoms with van der Waals surface area (Å²) in [5.74, 6) is 0.617. The highest BCUT2D eigenvalue weighted by Gasteiger charge is 2.22. The van der Waals surface area contributed by atoms with E-state index >= 15 is 0 Å². The molecule has 19 heavy (non-hydrogen) atoms. The second kappa shape index (κ2) is 9.70. The highest BCUT2D eigenvalue weighted by atomic mass is 16.5. The summed E-state index contributed by atoms with van der Waals surface area (Å²) in [6.07, 6.45) is 6.50. The molecular weight excluding hydrogens is 242 g/mol. The van der Waals surface area contributed by atoms with Crippen LogP contribution in [0, 0.1) is 5.92 Å². The Labute approximate surface area is 117 Å². The molecule has 0 aromatic rings. The molecule has 1 rings (SSSR count). The Balaban J connectivity index is 2.14. The van der Waals surface area contributed by atoms with Crippen molar-refractivity contribution in [2.45, 2.75) is 70.6 Å². The molecule has 0 saturated heterocycles. The predicted octanol–water partition coefficient (Wildman–Crippen LogP) is 1.69. The van der Waals surface area contributed by atoms with Crippen LogP contribution in [0.1, 0.15) is 52.4 Å². The maximum atomic E-state index is 9.93. The third kappa shape index (κ3) is 6.70. The molecule has 114 valence electrons. The van der Waals surface area contributed by atoms with Crippen LogP contribution >= 0.6 is 0 Å². The van der Waals surface area contributed by atoms with Crippen LogP contribution in [0.3, 0.4) is 0 Å². The van der Waals surface area contributed by atoms with Gasteiger partial charge in [0.1, 0.15) is 0 Å². The SMILES string of the molecule is CCC(CCO)NCC(O)COC1CCCCC1C. The van der Waals surface area contributed by atoms with Gasteiger partial charge >= 0.3 is 0 Å². The number of ether oxygens (including phenoxy) is 1. The van der Waals surface area contributed by atoms with Gasteiger partial charge in [-0.05, 0) is 31.6 Å². The molecule has 1 aliphatic rings. The quantitative estimate of drug-likeness (QED) is 0.598. The van der Waals surface area contributed by atoms with Crippen LogP contribution in [-0.2, 0) is 4.74 Å². The zero-order valence-corrected chi connectivity index (χ0v) is 12.5. The van der Waals surface area contributed by atoms with Crippen LogP contribution in [0.5, 0.6) is 0 Å². The normalized spacial score (nSPS) is 27.2. The van der Waals surface area contributed by atoms with E-state index in [1.165, 1.54) is 19.3 Å². The van der Waals surface area contributed by atoms with Gasteiger partial charge in [0.25, 0.3) is 0 Å². The molecule has 3 N–H and O–H groups in total. The molecule has 1 fully saturated rings. The van der Waals surface area contributed by atoms with E-state index in [9.17, 15) is 5.11 Å². The van der Waals surface area contributed by atoms with Crippen LogP contribution in [0.4, 0.5) is 0 Å². The standard InChI is InChI=1S/C15H31NO3/c1-3-13(8-9-17)16-10-14(18)11-19-15-7-5-4-6-12(15)2/h12-18H,3-11H2,1-2H3. The minimum absolute atomic E-state index is 0.192. The van der Waals surface area contributed by atoms with Crippen LogP contribution in [0.15, 0.2) is 0 Å². The van der Waals surface area contributed by atoms with E-state index in [-0.39, 0.29) is 12.6 Å². The van der Waals surface area contributed by atoms with Gasteiger partial charge in [0.05, 0.1) is 18.8 Å². The second-order valence-corrected chi connectivity index (χ2v) is 5.81. The first kappa shape index (κ1) is 16.9. The van der Waals surface area contributed by atoms with Crippen molar-refractivity contribution < 1.29 is 14.9 Å². The first-order valence-electron chi connectivity index (χ1n) is 7.81. The van der Waals surface area contributed by atoms with Crippen LogP contribution in [-0.4, -0.2) is 48.2 Å². The minimum atomic E-state index is -0.457. The first-order chi connectivity index (χ1) is 9.17. The molecular formula is C15H31NO3. The lowest BCUT2D eigenvalue weighted by atomic mass is 9.88. The van der Waals surface area contributed by atoms with Crippen molar-refractivity contribution in [2.75, 3.05) is 19.8 Å². The first-order valence-corrected chi connectivity index (χ1v) is 7.81. The molecule has 0 aromatic carbocycles. The summed E-state index contributed by atoms with van der Waals surface area (Å²) in [5.41, 5.74) is 0. The number of hydrogen-bond acceptors (Lipinski definition) is 4. The van der Waals surface area contributed by atoms with Gasteiger partial charge in [-0.3, -0.25) is 0 Å². The van der Waals surface area contributed by atoms with Gasteiger partial charge < -0.3 is 20.3 Å². The van der Waals surface area contributed by atoms with Crippen molar-refractivity contribution in [2.24, 2.45) is 5.92 Å². The number of aliphatic hydroxyl groups is 2. The van der Waals surface area contributed by atoms with Crippen LogP contribution < -0.4 is 5.32 Å². The van der Waals surface area contributed by atoms with E-state index < -0.39 is 6.10 Å². The monoisotopic (exact) mass is 273 g/mol. The summed E-state index contributed by atoms with van der Waals surface area (Å²) in [4.78, 5) is 0. The van der Waals surface area contributed by atoms with Crippen molar-refractivity contribution in [3.63, 3.8) is 0 Å². The molecule has 1 saturated carbocycles. The molecule has 0 bridgehead atoms. The fourth-order valence-corrected chi connectivity index (χ4v) is 2.73. The Hall–Kier alpha value is -0.160. The summed E-state index contributed by atoms with van der Waals surface area (Å²) in [6.45, 7) is 5.47. The van der Waals surface area contributed by atoms with Gasteiger partial charge in [0, 0.05) is 19.2 Å². The molecule has 0 spiro atoms. The fraction of sp³-hybridized carbons (Fsp3) is 1.00. The van der Waals surface area contributed by atoms with E-state index in [1.54, 1.807) is 0 Å². The Bertz CT molecular complexity index is 225. The summed E-state index contributed by atoms with van der Waals surface area (Å²) in [5, 5.41) is 22.1. The Morgan fingerprint density at radius 3 is 2.68 bits per heavy atom. The number of nitrogens with one attached hydrogen (secondary N) is 1. The summed E-state index contributed by atoms with van der Waals surface area (Å²) >= 11 is 0. The molecule has 0 aromatic heterocycles. The van der Waals surface area contributed by atoms with Crippen molar-refractivity contribution in [3.05, 3.63) is 0 Å². The van der Waals surface area contributed by atoms with Gasteiger partial charge in [0.2, 0.25) is 0 Å². The lowest BCUT2D eigenvalue weighted by Gasteiger charge is -2.29. The van der Waals surface area contributed by atoms with Crippen LogP contribution in [0.2, 0.25) is 0 Å². The number of hydrogen-bond donors (Lipinski definition) is 3. The maximum absolute atomic E-state index is 9.93. The van der Waals surface area contributed by atoms with E-state index in [1.807, 2.05) is 0 Å². The number of rotatable bonds is 9. The molecule has 1 aliphatic carbocycles. The van der Waals surface area contributed by atoms with E-state index in [2.05, 4.69) is 19.2 Å². The molecule has 0 aliphatic heterocycles. The topological polar surface area (TPSA) is 61.7 Å². The fourth-order valence-electron chi connectivity index (χ4n) is 2.73. The molecule has 0 radical (unpaired) electrons. The van der Waals surface area contributed by atoms with Gasteiger partial charge in [-0.15, -0.1) is 0 Å². The van der Waals surface area contributed by atoms with Gasteiger partial charge in [-0.25, -0.2) is 0 Å². The Kier molecular flexibility index (Phi) is 8.62. The van der Waals surface area contributed by atoms with E-state index in [0.29, 0.717) is 25.2 Å². The minimum Gasteiger partial charge on any atom is -0.396 e. The highest BCUT2D eigenvalue weighted by Crippen LogP contribution is 2.26. The van der Waals surface area contributed by atoms with Gasteiger partial charge in [0.15, 0.2) is 0 Å². The van der Waals surface area contributed by atoms with Crippen molar-refractivity contribution in [1.82, 2.24) is 5.32 Å². The van der Waals surface area contributed by atoms with Crippen molar-refractivity contribution in [3.8, 4) is 0 Å². The lowest BCUT2D eigenvalue weighted by molar-refractivity contribution is -0.0457. The zero-order chi connectivity index (χ0) is 14.1. The third-order valence-corrected chi connectivity index (χ3v) is 4.15. The van der Waals surface area contributed by atoms with Crippen LogP contribution in [0.25, 0.3) is 0 Å². The Morgan fingerprint density at radius 1 is 1.32 bits per heavy atom. The average molecular weight is 273 g/mol. The second-order valence-electron chi connectivity index (χ2n) is 5.81. The smallest absolute Gasteiger partial charge is 0.0897 e. The van der Waals surface area contributed by atoms with E-state index in [4.69, 9.17) is 9.84 Å². The van der Waals surface area contributed by atoms with Crippen molar-refractivity contribution in [1.29, 1.82) is 0 Å². The largest absolute Gasteiger partial charge is 0.396 e. The lowest BCUT2D eigenvalue weighted by Crippen LogP contribution is -2.39. The predicted molar refractivity (Wildman–Crippen MR) is 77.2 cm³/mol. The van der Waals surface area contributed by atoms with E-state index in [0.717, 1.165) is 19.3 Å². The molecule has 4 heteroatoms. The Morgan fingerprint density at radius 2 is 2.05 bits per heavy atom. The van der Waals surface area contributed by atoms with Gasteiger partial charge in [-0.1, -0.05) is 26.7 Å². The third-order valence-electron chi connectivity index (χ3n) is 4.15. The number of aliphatic hydroxyl groups excluding tert-OH is 2. The molecule has 4 nitrogen and oxygen atoms in total. The molecule has 0 amide bonds. The summed E-state index contributed by atoms with van der Waals surface area (Å²) < 4.78 is 5.84. The van der Waals surface area contributed by atoms with Crippen molar-refractivity contribution >= 4 is 0 Å². The maximum Gasteiger partial charge on any atom is 0.0897 e. The zero-order valence-electron chi connectivity index (χ0n) is 12.5. The summed E-state index contributed by atoms with van der Waals surface area (Å²) in [6, 6.07) is 0.285.